The Bertz CT molecular complexity index is 1240. The summed E-state index contributed by atoms with van der Waals surface area (Å²) in [5.41, 5.74) is -0.964. The molecule has 2 atom stereocenters. The molecule has 5 aliphatic rings. The second-order valence-corrected chi connectivity index (χ2v) is 11.6. The Morgan fingerprint density at radius 1 is 1.14 bits per heavy atom. The first-order valence-corrected chi connectivity index (χ1v) is 12.6. The van der Waals surface area contributed by atoms with Gasteiger partial charge in [-0.05, 0) is 31.8 Å². The normalized spacial score (nSPS) is 28.6. The molecule has 2 aromatic rings. The van der Waals surface area contributed by atoms with Crippen molar-refractivity contribution in [3.05, 3.63) is 58.8 Å². The molecule has 0 amide bonds. The number of aromatic nitrogens is 4. The molecule has 2 saturated carbocycles. The fraction of sp³-hybridized carbons (Fsp3) is 0.560. The van der Waals surface area contributed by atoms with Gasteiger partial charge in [-0.15, -0.1) is 10.2 Å². The van der Waals surface area contributed by atoms with E-state index < -0.39 is 17.3 Å². The standard InChI is InChI=1S/C25H26ClF3N6/c26-17-1-2-20-15(5-17)10-33(14-25(29)3-4-25)11-21-31-32-22(35(20)21)16-7-24(8-16)12-34(13-24)23-19(28)6-18(27)9-30-23/h1-2,5-6,9,15-16,20H,3-4,7-8,10-14H2. The minimum atomic E-state index is -1.07. The maximum Gasteiger partial charge on any atom is 0.168 e. The Kier molecular flexibility index (Phi) is 4.72. The molecule has 35 heavy (non-hydrogen) atoms. The zero-order valence-electron chi connectivity index (χ0n) is 19.2. The van der Waals surface area contributed by atoms with Gasteiger partial charge < -0.3 is 9.47 Å². The number of halogens is 4. The van der Waals surface area contributed by atoms with Gasteiger partial charge in [0, 0.05) is 54.5 Å². The van der Waals surface area contributed by atoms with Gasteiger partial charge in [0.05, 0.1) is 18.8 Å². The molecule has 2 aliphatic heterocycles. The zero-order valence-corrected chi connectivity index (χ0v) is 19.9. The number of anilines is 1. The Morgan fingerprint density at radius 3 is 2.69 bits per heavy atom. The summed E-state index contributed by atoms with van der Waals surface area (Å²) in [5, 5.41) is 9.89. The van der Waals surface area contributed by atoms with E-state index in [4.69, 9.17) is 11.6 Å². The van der Waals surface area contributed by atoms with Crippen molar-refractivity contribution < 1.29 is 13.2 Å². The van der Waals surface area contributed by atoms with Gasteiger partial charge >= 0.3 is 0 Å². The summed E-state index contributed by atoms with van der Waals surface area (Å²) in [7, 11) is 0. The number of nitrogens with zero attached hydrogens (tertiary/aromatic N) is 6. The molecule has 6 nitrogen and oxygen atoms in total. The third-order valence-corrected chi connectivity index (χ3v) is 8.61. The highest BCUT2D eigenvalue weighted by Gasteiger charge is 2.55. The Labute approximate surface area is 206 Å². The number of rotatable bonds is 4. The predicted octanol–water partition coefficient (Wildman–Crippen LogP) is 4.50. The summed E-state index contributed by atoms with van der Waals surface area (Å²) in [5.74, 6) is 1.18. The van der Waals surface area contributed by atoms with Crippen LogP contribution in [-0.2, 0) is 6.54 Å². The van der Waals surface area contributed by atoms with E-state index in [-0.39, 0.29) is 29.1 Å². The van der Waals surface area contributed by atoms with Crippen molar-refractivity contribution in [2.45, 2.75) is 49.9 Å². The van der Waals surface area contributed by atoms with E-state index in [1.807, 2.05) is 11.0 Å². The second-order valence-electron chi connectivity index (χ2n) is 11.2. The van der Waals surface area contributed by atoms with E-state index in [1.165, 1.54) is 0 Å². The summed E-state index contributed by atoms with van der Waals surface area (Å²) < 4.78 is 44.2. The van der Waals surface area contributed by atoms with Crippen LogP contribution in [0.5, 0.6) is 0 Å². The molecule has 2 unspecified atom stereocenters. The van der Waals surface area contributed by atoms with Crippen molar-refractivity contribution in [2.75, 3.05) is 31.1 Å². The summed E-state index contributed by atoms with van der Waals surface area (Å²) in [6, 6.07) is 0.943. The maximum absolute atomic E-state index is 14.6. The lowest BCUT2D eigenvalue weighted by molar-refractivity contribution is 0.0559. The number of pyridine rings is 1. The molecule has 1 saturated heterocycles. The average molecular weight is 503 g/mol. The molecule has 1 spiro atoms. The van der Waals surface area contributed by atoms with Crippen LogP contribution < -0.4 is 4.90 Å². The first-order chi connectivity index (χ1) is 16.8. The zero-order chi connectivity index (χ0) is 23.9. The number of hydrogen-bond acceptors (Lipinski definition) is 5. The molecule has 184 valence electrons. The van der Waals surface area contributed by atoms with Gasteiger partial charge in [-0.25, -0.2) is 18.2 Å². The quantitative estimate of drug-likeness (QED) is 0.616. The van der Waals surface area contributed by atoms with Crippen LogP contribution in [0, 0.1) is 23.0 Å². The molecule has 4 heterocycles. The van der Waals surface area contributed by atoms with Crippen LogP contribution in [0.3, 0.4) is 0 Å². The van der Waals surface area contributed by atoms with Crippen LogP contribution in [0.4, 0.5) is 19.0 Å². The van der Waals surface area contributed by atoms with Gasteiger partial charge in [-0.2, -0.15) is 0 Å². The smallest absolute Gasteiger partial charge is 0.168 e. The molecule has 0 aromatic carbocycles. The molecule has 3 fully saturated rings. The molecule has 0 radical (unpaired) electrons. The van der Waals surface area contributed by atoms with Crippen LogP contribution in [0.25, 0.3) is 0 Å². The van der Waals surface area contributed by atoms with Gasteiger partial charge in [0.2, 0.25) is 0 Å². The highest BCUT2D eigenvalue weighted by molar-refractivity contribution is 6.31. The number of alkyl halides is 1. The van der Waals surface area contributed by atoms with Crippen molar-refractivity contribution in [2.24, 2.45) is 11.3 Å². The largest absolute Gasteiger partial charge is 0.353 e. The number of hydrogen-bond donors (Lipinski definition) is 0. The summed E-state index contributed by atoms with van der Waals surface area (Å²) in [6.07, 6.45) is 10.3. The monoisotopic (exact) mass is 502 g/mol. The lowest BCUT2D eigenvalue weighted by Gasteiger charge is -2.59. The van der Waals surface area contributed by atoms with E-state index in [0.717, 1.165) is 43.3 Å². The van der Waals surface area contributed by atoms with E-state index in [2.05, 4.69) is 36.8 Å². The Balaban J connectivity index is 1.10. The van der Waals surface area contributed by atoms with Crippen molar-refractivity contribution in [1.82, 2.24) is 24.6 Å². The molecule has 10 heteroatoms. The first kappa shape index (κ1) is 21.9. The SMILES string of the molecule is Fc1cnc(N2CC3(CC(c4nnc5n4C4C=CC(Cl)=CC4CN(CC4(F)CC4)C5)C3)C2)c(F)c1. The van der Waals surface area contributed by atoms with Crippen LogP contribution in [-0.4, -0.2) is 56.5 Å². The Hall–Kier alpha value is -2.39. The predicted molar refractivity (Wildman–Crippen MR) is 125 cm³/mol. The van der Waals surface area contributed by atoms with E-state index in [0.29, 0.717) is 44.1 Å². The van der Waals surface area contributed by atoms with Gasteiger partial charge in [0.25, 0.3) is 0 Å². The average Bonchev–Trinajstić information content (AvgIpc) is 3.37. The van der Waals surface area contributed by atoms with Crippen molar-refractivity contribution in [1.29, 1.82) is 0 Å². The summed E-state index contributed by atoms with van der Waals surface area (Å²) >= 11 is 6.36. The van der Waals surface area contributed by atoms with Crippen molar-refractivity contribution in [3.63, 3.8) is 0 Å². The third kappa shape index (κ3) is 3.69. The van der Waals surface area contributed by atoms with Crippen molar-refractivity contribution in [3.8, 4) is 0 Å². The number of allylic oxidation sites excluding steroid dienone is 3. The van der Waals surface area contributed by atoms with Crippen LogP contribution in [0.15, 0.2) is 35.5 Å². The first-order valence-electron chi connectivity index (χ1n) is 12.3. The van der Waals surface area contributed by atoms with Gasteiger partial charge in [-0.1, -0.05) is 23.8 Å². The van der Waals surface area contributed by atoms with Gasteiger partial charge in [0.15, 0.2) is 11.6 Å². The topological polar surface area (TPSA) is 50.1 Å². The summed E-state index contributed by atoms with van der Waals surface area (Å²) in [4.78, 5) is 7.99. The Morgan fingerprint density at radius 2 is 1.94 bits per heavy atom. The maximum atomic E-state index is 14.6. The summed E-state index contributed by atoms with van der Waals surface area (Å²) in [6.45, 7) is 3.14. The third-order valence-electron chi connectivity index (χ3n) is 8.35. The van der Waals surface area contributed by atoms with Crippen molar-refractivity contribution >= 4 is 17.4 Å². The minimum Gasteiger partial charge on any atom is -0.353 e. The van der Waals surface area contributed by atoms with Crippen LogP contribution in [0.1, 0.15) is 49.3 Å². The van der Waals surface area contributed by atoms with Gasteiger partial charge in [-0.3, -0.25) is 4.90 Å². The second kappa shape index (κ2) is 7.56. The molecule has 7 rings (SSSR count). The molecule has 2 aromatic heterocycles. The lowest BCUT2D eigenvalue weighted by Crippen LogP contribution is -2.62. The molecular formula is C25H26ClF3N6. The fourth-order valence-corrected chi connectivity index (χ4v) is 6.77. The van der Waals surface area contributed by atoms with Crippen LogP contribution >= 0.6 is 11.6 Å². The molecule has 0 bridgehead atoms. The van der Waals surface area contributed by atoms with E-state index in [1.54, 1.807) is 0 Å². The fourth-order valence-electron chi connectivity index (χ4n) is 6.54. The molecular weight excluding hydrogens is 477 g/mol. The van der Waals surface area contributed by atoms with E-state index >= 15 is 0 Å². The van der Waals surface area contributed by atoms with Gasteiger partial charge in [0.1, 0.15) is 23.1 Å². The molecule has 0 N–H and O–H groups in total. The minimum absolute atomic E-state index is 0.0595. The van der Waals surface area contributed by atoms with Crippen LogP contribution in [0.2, 0.25) is 0 Å². The van der Waals surface area contributed by atoms with E-state index in [9.17, 15) is 13.2 Å². The highest BCUT2D eigenvalue weighted by atomic mass is 35.5. The lowest BCUT2D eigenvalue weighted by atomic mass is 9.57. The highest BCUT2D eigenvalue weighted by Crippen LogP contribution is 2.57. The molecule has 3 aliphatic carbocycles. The number of fused-ring (bicyclic) bond motifs is 3.